The topological polar surface area (TPSA) is 141 Å². The molecule has 1 fully saturated rings. The number of fused-ring (bicyclic) bond motifs is 1. The maximum Gasteiger partial charge on any atom is 0.508 e. The van der Waals surface area contributed by atoms with Crippen LogP contribution in [0, 0.1) is 0 Å². The Kier molecular flexibility index (Phi) is 5.29. The summed E-state index contributed by atoms with van der Waals surface area (Å²) in [6.07, 6.45) is -3.11. The number of carbonyl (C=O) groups is 1. The summed E-state index contributed by atoms with van der Waals surface area (Å²) in [7, 11) is 0. The molecule has 30 heavy (non-hydrogen) atoms. The minimum absolute atomic E-state index is 0.0579. The summed E-state index contributed by atoms with van der Waals surface area (Å²) < 4.78 is 17.6. The minimum atomic E-state index is -1.35. The summed E-state index contributed by atoms with van der Waals surface area (Å²) in [6, 6.07) is 12.5. The normalized spacial score (nSPS) is 26.0. The van der Waals surface area contributed by atoms with Crippen LogP contribution < -0.4 is 5.73 Å². The fourth-order valence-electron chi connectivity index (χ4n) is 3.46. The first-order valence-corrected chi connectivity index (χ1v) is 9.34. The van der Waals surface area contributed by atoms with Gasteiger partial charge in [0.15, 0.2) is 5.82 Å². The van der Waals surface area contributed by atoms with Crippen LogP contribution >= 0.6 is 0 Å². The second-order valence-corrected chi connectivity index (χ2v) is 7.30. The van der Waals surface area contributed by atoms with Crippen LogP contribution in [0.1, 0.15) is 24.3 Å². The van der Waals surface area contributed by atoms with Crippen LogP contribution in [-0.2, 0) is 20.8 Å². The zero-order valence-corrected chi connectivity index (χ0v) is 16.2. The molecule has 1 aliphatic heterocycles. The first-order valence-electron chi connectivity index (χ1n) is 9.34. The van der Waals surface area contributed by atoms with Gasteiger partial charge in [-0.05, 0) is 24.6 Å². The Morgan fingerprint density at radius 3 is 2.77 bits per heavy atom. The van der Waals surface area contributed by atoms with Gasteiger partial charge in [-0.15, -0.1) is 0 Å². The molecule has 0 bridgehead atoms. The lowest BCUT2D eigenvalue weighted by molar-refractivity contribution is -0.109. The number of anilines is 1. The Morgan fingerprint density at radius 2 is 2.00 bits per heavy atom. The Bertz CT molecular complexity index is 1040. The summed E-state index contributed by atoms with van der Waals surface area (Å²) in [5.74, 6) is 0.275. The highest BCUT2D eigenvalue weighted by molar-refractivity contribution is 5.65. The number of aromatic nitrogens is 3. The molecule has 2 aromatic heterocycles. The first-order chi connectivity index (χ1) is 14.4. The Hall–Kier alpha value is -3.21. The van der Waals surface area contributed by atoms with Gasteiger partial charge < -0.3 is 30.2 Å². The predicted molar refractivity (Wildman–Crippen MR) is 104 cm³/mol. The van der Waals surface area contributed by atoms with Crippen molar-refractivity contribution in [3.8, 4) is 0 Å². The number of hydrogen-bond acceptors (Lipinski definition) is 9. The highest BCUT2D eigenvalue weighted by Gasteiger charge is 2.53. The van der Waals surface area contributed by atoms with E-state index in [1.54, 1.807) is 19.1 Å². The molecular weight excluding hydrogens is 392 g/mol. The van der Waals surface area contributed by atoms with E-state index in [9.17, 15) is 15.0 Å². The second-order valence-electron chi connectivity index (χ2n) is 7.30. The van der Waals surface area contributed by atoms with E-state index < -0.39 is 30.1 Å². The number of ether oxygens (including phenoxy) is 3. The number of hydrogen-bond donors (Lipinski definition) is 3. The van der Waals surface area contributed by atoms with Crippen molar-refractivity contribution < 1.29 is 29.2 Å². The minimum Gasteiger partial charge on any atom is -0.431 e. The fourth-order valence-corrected chi connectivity index (χ4v) is 3.46. The van der Waals surface area contributed by atoms with Crippen LogP contribution in [0.15, 0.2) is 48.8 Å². The van der Waals surface area contributed by atoms with E-state index in [1.807, 2.05) is 30.3 Å². The molecule has 4 N–H and O–H groups in total. The lowest BCUT2D eigenvalue weighted by Crippen LogP contribution is -2.44. The molecule has 1 aromatic carbocycles. The third-order valence-electron chi connectivity index (χ3n) is 5.13. The molecule has 0 saturated carbocycles. The van der Waals surface area contributed by atoms with Crippen molar-refractivity contribution in [1.29, 1.82) is 0 Å². The fraction of sp³-hybridized carbons (Fsp3) is 0.350. The molecule has 3 heterocycles. The van der Waals surface area contributed by atoms with Crippen LogP contribution in [0.5, 0.6) is 0 Å². The van der Waals surface area contributed by atoms with Crippen LogP contribution in [0.25, 0.3) is 5.52 Å². The van der Waals surface area contributed by atoms with E-state index in [4.69, 9.17) is 19.9 Å². The highest BCUT2D eigenvalue weighted by atomic mass is 16.7. The number of aliphatic hydroxyl groups excluding tert-OH is 2. The van der Waals surface area contributed by atoms with Crippen molar-refractivity contribution in [2.75, 3.05) is 12.3 Å². The van der Waals surface area contributed by atoms with Gasteiger partial charge in [0.25, 0.3) is 0 Å². The largest absolute Gasteiger partial charge is 0.508 e. The van der Waals surface area contributed by atoms with Gasteiger partial charge in [0.05, 0.1) is 5.69 Å². The zero-order chi connectivity index (χ0) is 21.3. The molecule has 0 amide bonds. The molecule has 158 valence electrons. The van der Waals surface area contributed by atoms with E-state index in [2.05, 4.69) is 10.1 Å². The van der Waals surface area contributed by atoms with Crippen molar-refractivity contribution in [2.24, 2.45) is 0 Å². The monoisotopic (exact) mass is 414 g/mol. The first kappa shape index (κ1) is 20.1. The van der Waals surface area contributed by atoms with Gasteiger partial charge in [0.1, 0.15) is 49.0 Å². The third-order valence-corrected chi connectivity index (χ3v) is 5.13. The highest BCUT2D eigenvalue weighted by Crippen LogP contribution is 2.40. The number of aliphatic hydroxyl groups is 2. The number of nitrogens with zero attached hydrogens (tertiary/aromatic N) is 3. The Labute approximate surface area is 171 Å². The molecular formula is C20H22N4O6. The van der Waals surface area contributed by atoms with Gasteiger partial charge in [-0.25, -0.2) is 14.3 Å². The number of benzene rings is 1. The smallest absolute Gasteiger partial charge is 0.431 e. The molecule has 1 saturated heterocycles. The number of rotatable bonds is 5. The molecule has 10 nitrogen and oxygen atoms in total. The lowest BCUT2D eigenvalue weighted by atomic mass is 9.97. The van der Waals surface area contributed by atoms with Gasteiger partial charge in [-0.2, -0.15) is 5.10 Å². The van der Waals surface area contributed by atoms with Crippen molar-refractivity contribution in [2.45, 2.75) is 37.4 Å². The molecule has 10 heteroatoms. The van der Waals surface area contributed by atoms with E-state index >= 15 is 0 Å². The zero-order valence-electron chi connectivity index (χ0n) is 16.2. The van der Waals surface area contributed by atoms with E-state index in [0.717, 1.165) is 5.56 Å². The summed E-state index contributed by atoms with van der Waals surface area (Å²) in [4.78, 5) is 15.9. The SMILES string of the molecule is C[C@]1(COC(=O)OCc2ccccc2)O[C@@H](c2ccc3c(N)ncnn23)[C@H](O)[C@@H]1O. The average Bonchev–Trinajstić information content (AvgIpc) is 3.28. The predicted octanol–water partition coefficient (Wildman–Crippen LogP) is 1.22. The van der Waals surface area contributed by atoms with E-state index in [0.29, 0.717) is 11.2 Å². The maximum atomic E-state index is 11.9. The molecule has 4 atom stereocenters. The number of nitrogen functional groups attached to an aromatic ring is 1. The van der Waals surface area contributed by atoms with Crippen molar-refractivity contribution in [3.63, 3.8) is 0 Å². The molecule has 1 aliphatic rings. The van der Waals surface area contributed by atoms with Crippen LogP contribution in [-0.4, -0.2) is 55.4 Å². The summed E-state index contributed by atoms with van der Waals surface area (Å²) in [5, 5.41) is 25.3. The third kappa shape index (κ3) is 3.67. The van der Waals surface area contributed by atoms with Crippen molar-refractivity contribution in [3.05, 3.63) is 60.0 Å². The maximum absolute atomic E-state index is 11.9. The summed E-state index contributed by atoms with van der Waals surface area (Å²) in [6.45, 7) is 1.29. The van der Waals surface area contributed by atoms with Gasteiger partial charge in [0, 0.05) is 0 Å². The van der Waals surface area contributed by atoms with Crippen molar-refractivity contribution in [1.82, 2.24) is 14.6 Å². The number of nitrogens with two attached hydrogens (primary N) is 1. The Balaban J connectivity index is 1.42. The Morgan fingerprint density at radius 1 is 1.23 bits per heavy atom. The van der Waals surface area contributed by atoms with Gasteiger partial charge >= 0.3 is 6.16 Å². The molecule has 4 rings (SSSR count). The molecule has 0 spiro atoms. The summed E-state index contributed by atoms with van der Waals surface area (Å²) in [5.41, 5.74) is 6.34. The van der Waals surface area contributed by atoms with Gasteiger partial charge in [-0.1, -0.05) is 30.3 Å². The van der Waals surface area contributed by atoms with Crippen LogP contribution in [0.3, 0.4) is 0 Å². The summed E-state index contributed by atoms with van der Waals surface area (Å²) >= 11 is 0. The van der Waals surface area contributed by atoms with E-state index in [-0.39, 0.29) is 19.0 Å². The molecule has 0 unspecified atom stereocenters. The molecule has 0 radical (unpaired) electrons. The number of carbonyl (C=O) groups excluding carboxylic acids is 1. The molecule has 3 aromatic rings. The molecule has 0 aliphatic carbocycles. The van der Waals surface area contributed by atoms with Gasteiger partial charge in [-0.3, -0.25) is 0 Å². The van der Waals surface area contributed by atoms with Crippen LogP contribution in [0.4, 0.5) is 10.6 Å². The van der Waals surface area contributed by atoms with E-state index in [1.165, 1.54) is 10.8 Å². The quantitative estimate of drug-likeness (QED) is 0.525. The van der Waals surface area contributed by atoms with Crippen molar-refractivity contribution >= 4 is 17.5 Å². The van der Waals surface area contributed by atoms with Gasteiger partial charge in [0.2, 0.25) is 0 Å². The lowest BCUT2D eigenvalue weighted by Gasteiger charge is -2.26. The average molecular weight is 414 g/mol. The standard InChI is InChI=1S/C20H22N4O6/c1-20(10-29-19(27)28-9-12-5-3-2-4-6-12)17(26)15(25)16(30-20)13-7-8-14-18(21)22-11-23-24(13)14/h2-8,11,15-17,25-26H,9-10H2,1H3,(H2,21,22,23)/t15-,16-,17-,20+/m0/s1. The second kappa shape index (κ2) is 7.90. The van der Waals surface area contributed by atoms with Crippen LogP contribution in [0.2, 0.25) is 0 Å².